The van der Waals surface area contributed by atoms with Crippen molar-refractivity contribution >= 4 is 34.8 Å². The van der Waals surface area contributed by atoms with Gasteiger partial charge < -0.3 is 15.3 Å². The van der Waals surface area contributed by atoms with Crippen LogP contribution in [0.3, 0.4) is 0 Å². The SMILES string of the molecule is CNc1nc(N(C)CCC(C)O)c(Cl)cc1Cl. The number of hydrogen-bond acceptors (Lipinski definition) is 4. The van der Waals surface area contributed by atoms with E-state index >= 15 is 0 Å². The van der Waals surface area contributed by atoms with Crippen molar-refractivity contribution in [2.24, 2.45) is 0 Å². The third kappa shape index (κ3) is 3.91. The Bertz CT molecular complexity index is 385. The van der Waals surface area contributed by atoms with Crippen LogP contribution in [0.15, 0.2) is 6.07 Å². The molecule has 1 aromatic heterocycles. The lowest BCUT2D eigenvalue weighted by Gasteiger charge is -2.21. The number of aliphatic hydroxyl groups excluding tert-OH is 1. The number of rotatable bonds is 5. The zero-order valence-corrected chi connectivity index (χ0v) is 11.7. The van der Waals surface area contributed by atoms with Crippen LogP contribution in [-0.2, 0) is 0 Å². The summed E-state index contributed by atoms with van der Waals surface area (Å²) in [6, 6.07) is 1.66. The first-order chi connectivity index (χ1) is 7.95. The number of hydrogen-bond donors (Lipinski definition) is 2. The molecule has 1 atom stereocenters. The maximum Gasteiger partial charge on any atom is 0.149 e. The Labute approximate surface area is 112 Å². The molecule has 0 aliphatic rings. The van der Waals surface area contributed by atoms with Gasteiger partial charge >= 0.3 is 0 Å². The van der Waals surface area contributed by atoms with Crippen LogP contribution in [0.2, 0.25) is 10.0 Å². The third-order valence-electron chi connectivity index (χ3n) is 2.39. The predicted molar refractivity (Wildman–Crippen MR) is 73.4 cm³/mol. The highest BCUT2D eigenvalue weighted by molar-refractivity contribution is 6.37. The summed E-state index contributed by atoms with van der Waals surface area (Å²) in [6.45, 7) is 2.43. The van der Waals surface area contributed by atoms with E-state index in [2.05, 4.69) is 10.3 Å². The Morgan fingerprint density at radius 1 is 1.47 bits per heavy atom. The van der Waals surface area contributed by atoms with Gasteiger partial charge in [0.05, 0.1) is 16.1 Å². The van der Waals surface area contributed by atoms with E-state index < -0.39 is 0 Å². The number of nitrogens with one attached hydrogen (secondary N) is 1. The molecule has 0 aromatic carbocycles. The molecular formula is C11H17Cl2N3O. The van der Waals surface area contributed by atoms with Crippen molar-refractivity contribution in [1.29, 1.82) is 0 Å². The van der Waals surface area contributed by atoms with Crippen LogP contribution in [-0.4, -0.2) is 36.8 Å². The average Bonchev–Trinajstić information content (AvgIpc) is 2.26. The monoisotopic (exact) mass is 277 g/mol. The number of aromatic nitrogens is 1. The zero-order valence-electron chi connectivity index (χ0n) is 10.2. The van der Waals surface area contributed by atoms with Gasteiger partial charge in [-0.05, 0) is 19.4 Å². The molecule has 0 aliphatic carbocycles. The van der Waals surface area contributed by atoms with Crippen molar-refractivity contribution in [2.75, 3.05) is 30.9 Å². The Hall–Kier alpha value is -0.710. The molecule has 1 heterocycles. The number of pyridine rings is 1. The molecule has 96 valence electrons. The normalized spacial score (nSPS) is 12.4. The van der Waals surface area contributed by atoms with E-state index in [4.69, 9.17) is 23.2 Å². The molecule has 6 heteroatoms. The van der Waals surface area contributed by atoms with Crippen molar-refractivity contribution in [1.82, 2.24) is 4.98 Å². The van der Waals surface area contributed by atoms with Gasteiger partial charge in [-0.1, -0.05) is 23.2 Å². The van der Waals surface area contributed by atoms with Crippen molar-refractivity contribution in [3.05, 3.63) is 16.1 Å². The van der Waals surface area contributed by atoms with Crippen molar-refractivity contribution in [3.8, 4) is 0 Å². The van der Waals surface area contributed by atoms with E-state index in [1.807, 2.05) is 11.9 Å². The van der Waals surface area contributed by atoms with Crippen molar-refractivity contribution in [3.63, 3.8) is 0 Å². The summed E-state index contributed by atoms with van der Waals surface area (Å²) in [7, 11) is 3.63. The molecule has 1 unspecified atom stereocenters. The standard InChI is InChI=1S/C11H17Cl2N3O/c1-7(17)4-5-16(3)11-9(13)6-8(12)10(14-2)15-11/h6-7,17H,4-5H2,1-3H3,(H,14,15). The number of aliphatic hydroxyl groups is 1. The summed E-state index contributed by atoms with van der Waals surface area (Å²) < 4.78 is 0. The molecule has 17 heavy (non-hydrogen) atoms. The second-order valence-electron chi connectivity index (χ2n) is 3.93. The molecule has 0 bridgehead atoms. The van der Waals surface area contributed by atoms with Gasteiger partial charge in [-0.2, -0.15) is 0 Å². The quantitative estimate of drug-likeness (QED) is 0.869. The van der Waals surface area contributed by atoms with E-state index in [1.54, 1.807) is 20.0 Å². The first kappa shape index (κ1) is 14.4. The Morgan fingerprint density at radius 2 is 2.12 bits per heavy atom. The molecule has 0 radical (unpaired) electrons. The van der Waals surface area contributed by atoms with Gasteiger partial charge in [-0.25, -0.2) is 4.98 Å². The lowest BCUT2D eigenvalue weighted by Crippen LogP contribution is -2.23. The lowest BCUT2D eigenvalue weighted by atomic mass is 10.3. The van der Waals surface area contributed by atoms with E-state index in [1.165, 1.54) is 0 Å². The molecule has 0 fully saturated rings. The van der Waals surface area contributed by atoms with Crippen LogP contribution in [0, 0.1) is 0 Å². The highest BCUT2D eigenvalue weighted by atomic mass is 35.5. The van der Waals surface area contributed by atoms with Gasteiger partial charge in [0.2, 0.25) is 0 Å². The topological polar surface area (TPSA) is 48.4 Å². The fraction of sp³-hybridized carbons (Fsp3) is 0.545. The molecule has 1 rings (SSSR count). The van der Waals surface area contributed by atoms with E-state index in [0.29, 0.717) is 34.6 Å². The molecule has 4 nitrogen and oxygen atoms in total. The first-order valence-electron chi connectivity index (χ1n) is 5.38. The lowest BCUT2D eigenvalue weighted by molar-refractivity contribution is 0.187. The second kappa shape index (κ2) is 6.28. The zero-order chi connectivity index (χ0) is 13.0. The molecule has 0 spiro atoms. The third-order valence-corrected chi connectivity index (χ3v) is 2.96. The van der Waals surface area contributed by atoms with E-state index in [0.717, 1.165) is 0 Å². The predicted octanol–water partition coefficient (Wildman–Crippen LogP) is 2.64. The fourth-order valence-corrected chi connectivity index (χ4v) is 1.98. The summed E-state index contributed by atoms with van der Waals surface area (Å²) >= 11 is 12.1. The highest BCUT2D eigenvalue weighted by Gasteiger charge is 2.12. The van der Waals surface area contributed by atoms with Crippen LogP contribution < -0.4 is 10.2 Å². The van der Waals surface area contributed by atoms with Crippen molar-refractivity contribution < 1.29 is 5.11 Å². The molecule has 0 amide bonds. The Kier molecular flexibility index (Phi) is 5.31. The molecule has 2 N–H and O–H groups in total. The minimum atomic E-state index is -0.340. The van der Waals surface area contributed by atoms with Crippen LogP contribution in [0.1, 0.15) is 13.3 Å². The number of nitrogens with zero attached hydrogens (tertiary/aromatic N) is 2. The van der Waals surface area contributed by atoms with Gasteiger partial charge in [-0.15, -0.1) is 0 Å². The maximum atomic E-state index is 9.25. The number of halogens is 2. The molecule has 0 saturated heterocycles. The molecule has 0 saturated carbocycles. The highest BCUT2D eigenvalue weighted by Crippen LogP contribution is 2.30. The molecular weight excluding hydrogens is 261 g/mol. The van der Waals surface area contributed by atoms with Gasteiger partial charge in [0.1, 0.15) is 11.6 Å². The Balaban J connectivity index is 2.89. The summed E-state index contributed by atoms with van der Waals surface area (Å²) in [5, 5.41) is 13.1. The molecule has 0 aliphatic heterocycles. The van der Waals surface area contributed by atoms with E-state index in [9.17, 15) is 5.11 Å². The van der Waals surface area contributed by atoms with Gasteiger partial charge in [0.25, 0.3) is 0 Å². The minimum absolute atomic E-state index is 0.340. The van der Waals surface area contributed by atoms with Crippen molar-refractivity contribution in [2.45, 2.75) is 19.4 Å². The first-order valence-corrected chi connectivity index (χ1v) is 6.14. The maximum absolute atomic E-state index is 9.25. The smallest absolute Gasteiger partial charge is 0.149 e. The van der Waals surface area contributed by atoms with E-state index in [-0.39, 0.29) is 6.10 Å². The summed E-state index contributed by atoms with van der Waals surface area (Å²) in [4.78, 5) is 6.23. The fourth-order valence-electron chi connectivity index (χ4n) is 1.39. The van der Waals surface area contributed by atoms with Crippen LogP contribution in [0.5, 0.6) is 0 Å². The largest absolute Gasteiger partial charge is 0.393 e. The van der Waals surface area contributed by atoms with Crippen LogP contribution >= 0.6 is 23.2 Å². The van der Waals surface area contributed by atoms with Gasteiger partial charge in [0.15, 0.2) is 0 Å². The summed E-state index contributed by atoms with van der Waals surface area (Å²) in [5.41, 5.74) is 0. The van der Waals surface area contributed by atoms with Gasteiger partial charge in [0, 0.05) is 20.6 Å². The minimum Gasteiger partial charge on any atom is -0.393 e. The second-order valence-corrected chi connectivity index (χ2v) is 4.75. The van der Waals surface area contributed by atoms with Crippen LogP contribution in [0.25, 0.3) is 0 Å². The summed E-state index contributed by atoms with van der Waals surface area (Å²) in [6.07, 6.45) is 0.318. The number of anilines is 2. The average molecular weight is 278 g/mol. The van der Waals surface area contributed by atoms with Crippen LogP contribution in [0.4, 0.5) is 11.6 Å². The van der Waals surface area contributed by atoms with Gasteiger partial charge in [-0.3, -0.25) is 0 Å². The molecule has 1 aromatic rings. The Morgan fingerprint density at radius 3 is 2.65 bits per heavy atom. The summed E-state index contributed by atoms with van der Waals surface area (Å²) in [5.74, 6) is 1.25.